The van der Waals surface area contributed by atoms with E-state index in [0.29, 0.717) is 26.2 Å². The van der Waals surface area contributed by atoms with E-state index in [1.807, 2.05) is 12.1 Å². The molecule has 4 nitrogen and oxygen atoms in total. The molecular weight excluding hydrogens is 248 g/mol. The first-order valence-corrected chi connectivity index (χ1v) is 6.12. The highest BCUT2D eigenvalue weighted by Gasteiger charge is 2.01. The van der Waals surface area contributed by atoms with Gasteiger partial charge in [-0.2, -0.15) is 0 Å². The van der Waals surface area contributed by atoms with Crippen LogP contribution in [0.1, 0.15) is 4.88 Å². The van der Waals surface area contributed by atoms with E-state index < -0.39 is 0 Å². The molecule has 0 aromatic carbocycles. The van der Waals surface area contributed by atoms with Crippen LogP contribution in [-0.4, -0.2) is 32.7 Å². The highest BCUT2D eigenvalue weighted by molar-refractivity contribution is 7.16. The summed E-state index contributed by atoms with van der Waals surface area (Å²) in [5.74, 6) is -0.0281. The average molecular weight is 263 g/mol. The van der Waals surface area contributed by atoms with Crippen LogP contribution >= 0.6 is 22.9 Å². The zero-order valence-electron chi connectivity index (χ0n) is 9.09. The molecular formula is C10H15ClN2O2S. The van der Waals surface area contributed by atoms with E-state index >= 15 is 0 Å². The summed E-state index contributed by atoms with van der Waals surface area (Å²) in [4.78, 5) is 12.4. The predicted molar refractivity (Wildman–Crippen MR) is 65.9 cm³/mol. The molecule has 0 unspecified atom stereocenters. The van der Waals surface area contributed by atoms with Crippen molar-refractivity contribution in [3.8, 4) is 0 Å². The SMILES string of the molecule is COCCNC(=O)CNCc1ccc(Cl)s1. The summed E-state index contributed by atoms with van der Waals surface area (Å²) in [5.41, 5.74) is 0. The molecule has 0 saturated carbocycles. The van der Waals surface area contributed by atoms with Crippen LogP contribution in [0, 0.1) is 0 Å². The fraction of sp³-hybridized carbons (Fsp3) is 0.500. The zero-order chi connectivity index (χ0) is 11.8. The molecule has 1 heterocycles. The molecule has 0 bridgehead atoms. The van der Waals surface area contributed by atoms with Gasteiger partial charge in [0, 0.05) is 25.1 Å². The Bertz CT molecular complexity index is 330. The molecule has 6 heteroatoms. The third-order valence-corrected chi connectivity index (χ3v) is 3.07. The Labute approximate surface area is 104 Å². The van der Waals surface area contributed by atoms with Crippen LogP contribution < -0.4 is 10.6 Å². The smallest absolute Gasteiger partial charge is 0.234 e. The minimum atomic E-state index is -0.0281. The summed E-state index contributed by atoms with van der Waals surface area (Å²) >= 11 is 7.30. The number of rotatable bonds is 7. The number of carbonyl (C=O) groups is 1. The highest BCUT2D eigenvalue weighted by atomic mass is 35.5. The van der Waals surface area contributed by atoms with Crippen molar-refractivity contribution in [1.82, 2.24) is 10.6 Å². The second-order valence-corrected chi connectivity index (χ2v) is 4.95. The Morgan fingerprint density at radius 2 is 2.38 bits per heavy atom. The fourth-order valence-corrected chi connectivity index (χ4v) is 2.16. The molecule has 1 rings (SSSR count). The molecule has 1 amide bonds. The van der Waals surface area contributed by atoms with E-state index in [2.05, 4.69) is 10.6 Å². The van der Waals surface area contributed by atoms with Crippen LogP contribution in [-0.2, 0) is 16.1 Å². The van der Waals surface area contributed by atoms with E-state index in [9.17, 15) is 4.79 Å². The van der Waals surface area contributed by atoms with Crippen LogP contribution in [0.4, 0.5) is 0 Å². The van der Waals surface area contributed by atoms with Crippen LogP contribution in [0.25, 0.3) is 0 Å². The Morgan fingerprint density at radius 1 is 1.56 bits per heavy atom. The monoisotopic (exact) mass is 262 g/mol. The summed E-state index contributed by atoms with van der Waals surface area (Å²) in [7, 11) is 1.60. The van der Waals surface area contributed by atoms with Crippen molar-refractivity contribution in [1.29, 1.82) is 0 Å². The quantitative estimate of drug-likeness (QED) is 0.728. The van der Waals surface area contributed by atoms with Crippen molar-refractivity contribution in [2.24, 2.45) is 0 Å². The van der Waals surface area contributed by atoms with Crippen molar-refractivity contribution in [3.05, 3.63) is 21.3 Å². The first-order chi connectivity index (χ1) is 7.72. The van der Waals surface area contributed by atoms with Crippen LogP contribution in [0.5, 0.6) is 0 Å². The van der Waals surface area contributed by atoms with Gasteiger partial charge in [0.1, 0.15) is 0 Å². The minimum absolute atomic E-state index is 0.0281. The molecule has 0 atom stereocenters. The molecule has 0 saturated heterocycles. The molecule has 1 aromatic heterocycles. The molecule has 0 radical (unpaired) electrons. The van der Waals surface area contributed by atoms with Crippen molar-refractivity contribution in [2.75, 3.05) is 26.8 Å². The second kappa shape index (κ2) is 7.62. The van der Waals surface area contributed by atoms with Gasteiger partial charge in [0.05, 0.1) is 17.5 Å². The van der Waals surface area contributed by atoms with Gasteiger partial charge in [-0.05, 0) is 12.1 Å². The molecule has 0 fully saturated rings. The van der Waals surface area contributed by atoms with Crippen LogP contribution in [0.3, 0.4) is 0 Å². The molecule has 90 valence electrons. The first kappa shape index (κ1) is 13.4. The number of hydrogen-bond donors (Lipinski definition) is 2. The normalized spacial score (nSPS) is 10.4. The predicted octanol–water partition coefficient (Wildman–Crippen LogP) is 1.25. The second-order valence-electron chi connectivity index (χ2n) is 3.15. The Kier molecular flexibility index (Phi) is 6.40. The maximum Gasteiger partial charge on any atom is 0.234 e. The topological polar surface area (TPSA) is 50.4 Å². The molecule has 0 spiro atoms. The lowest BCUT2D eigenvalue weighted by atomic mass is 10.4. The fourth-order valence-electron chi connectivity index (χ4n) is 1.10. The van der Waals surface area contributed by atoms with E-state index in [4.69, 9.17) is 16.3 Å². The van der Waals surface area contributed by atoms with E-state index in [-0.39, 0.29) is 5.91 Å². The summed E-state index contributed by atoms with van der Waals surface area (Å²) in [6, 6.07) is 3.80. The molecule has 2 N–H and O–H groups in total. The maximum absolute atomic E-state index is 11.3. The Hall–Kier alpha value is -0.620. The molecule has 1 aromatic rings. The number of ether oxygens (including phenoxy) is 1. The molecule has 0 aliphatic carbocycles. The highest BCUT2D eigenvalue weighted by Crippen LogP contribution is 2.20. The van der Waals surface area contributed by atoms with Crippen LogP contribution in [0.15, 0.2) is 12.1 Å². The van der Waals surface area contributed by atoms with Gasteiger partial charge in [0.2, 0.25) is 5.91 Å². The minimum Gasteiger partial charge on any atom is -0.383 e. The number of hydrogen-bond acceptors (Lipinski definition) is 4. The summed E-state index contributed by atoms with van der Waals surface area (Å²) in [6.45, 7) is 2.04. The van der Waals surface area contributed by atoms with Crippen molar-refractivity contribution in [2.45, 2.75) is 6.54 Å². The van der Waals surface area contributed by atoms with E-state index in [0.717, 1.165) is 9.21 Å². The summed E-state index contributed by atoms with van der Waals surface area (Å²) < 4.78 is 5.59. The lowest BCUT2D eigenvalue weighted by Crippen LogP contribution is -2.35. The number of carbonyl (C=O) groups excluding carboxylic acids is 1. The zero-order valence-corrected chi connectivity index (χ0v) is 10.7. The van der Waals surface area contributed by atoms with E-state index in [1.165, 1.54) is 11.3 Å². The van der Waals surface area contributed by atoms with Gasteiger partial charge in [-0.25, -0.2) is 0 Å². The number of methoxy groups -OCH3 is 1. The van der Waals surface area contributed by atoms with Gasteiger partial charge in [0.15, 0.2) is 0 Å². The largest absolute Gasteiger partial charge is 0.383 e. The molecule has 16 heavy (non-hydrogen) atoms. The van der Waals surface area contributed by atoms with Crippen molar-refractivity contribution < 1.29 is 9.53 Å². The van der Waals surface area contributed by atoms with Gasteiger partial charge in [0.25, 0.3) is 0 Å². The third kappa shape index (κ3) is 5.46. The average Bonchev–Trinajstić information content (AvgIpc) is 2.65. The number of thiophene rings is 1. The number of halogens is 1. The maximum atomic E-state index is 11.3. The van der Waals surface area contributed by atoms with Gasteiger partial charge in [-0.3, -0.25) is 4.79 Å². The van der Waals surface area contributed by atoms with Gasteiger partial charge >= 0.3 is 0 Å². The summed E-state index contributed by atoms with van der Waals surface area (Å²) in [6.07, 6.45) is 0. The van der Waals surface area contributed by atoms with E-state index in [1.54, 1.807) is 7.11 Å². The van der Waals surface area contributed by atoms with Gasteiger partial charge < -0.3 is 15.4 Å². The third-order valence-electron chi connectivity index (χ3n) is 1.84. The number of amides is 1. The molecule has 0 aliphatic rings. The lowest BCUT2D eigenvalue weighted by molar-refractivity contribution is -0.120. The standard InChI is InChI=1S/C10H15ClN2O2S/c1-15-5-4-13-10(14)7-12-6-8-2-3-9(11)16-8/h2-3,12H,4-7H2,1H3,(H,13,14). The Morgan fingerprint density at radius 3 is 3.00 bits per heavy atom. The molecule has 0 aliphatic heterocycles. The van der Waals surface area contributed by atoms with Crippen LogP contribution in [0.2, 0.25) is 4.34 Å². The van der Waals surface area contributed by atoms with Gasteiger partial charge in [-0.15, -0.1) is 11.3 Å². The summed E-state index contributed by atoms with van der Waals surface area (Å²) in [5, 5.41) is 5.77. The Balaban J connectivity index is 2.08. The van der Waals surface area contributed by atoms with Crippen molar-refractivity contribution in [3.63, 3.8) is 0 Å². The first-order valence-electron chi connectivity index (χ1n) is 4.93. The number of nitrogens with one attached hydrogen (secondary N) is 2. The lowest BCUT2D eigenvalue weighted by Gasteiger charge is -2.05. The van der Waals surface area contributed by atoms with Crippen molar-refractivity contribution >= 4 is 28.8 Å². The van der Waals surface area contributed by atoms with Gasteiger partial charge in [-0.1, -0.05) is 11.6 Å².